The number of nitrogens with one attached hydrogen (secondary N) is 1. The van der Waals surface area contributed by atoms with Crippen LogP contribution in [0.15, 0.2) is 6.07 Å². The highest BCUT2D eigenvalue weighted by Crippen LogP contribution is 2.25. The van der Waals surface area contributed by atoms with Crippen LogP contribution in [0.5, 0.6) is 0 Å². The summed E-state index contributed by atoms with van der Waals surface area (Å²) < 4.78 is 0. The molecule has 1 amide bonds. The summed E-state index contributed by atoms with van der Waals surface area (Å²) in [5.74, 6) is -1.30. The lowest BCUT2D eigenvalue weighted by Crippen LogP contribution is -2.45. The summed E-state index contributed by atoms with van der Waals surface area (Å²) in [6, 6.07) is 1.79. The minimum Gasteiger partial charge on any atom is -0.481 e. The van der Waals surface area contributed by atoms with Gasteiger partial charge in [0, 0.05) is 24.2 Å². The molecule has 2 heterocycles. The van der Waals surface area contributed by atoms with Crippen molar-refractivity contribution < 1.29 is 14.7 Å². The number of carboxylic acid groups (broad SMARTS) is 1. The van der Waals surface area contributed by atoms with Crippen LogP contribution < -0.4 is 0 Å². The van der Waals surface area contributed by atoms with E-state index in [1.54, 1.807) is 11.0 Å². The van der Waals surface area contributed by atoms with Gasteiger partial charge in [0.05, 0.1) is 5.92 Å². The van der Waals surface area contributed by atoms with Crippen LogP contribution in [0.2, 0.25) is 0 Å². The van der Waals surface area contributed by atoms with Crippen molar-refractivity contribution in [2.24, 2.45) is 11.8 Å². The SMILES string of the molecule is CC1CN(C(=O)c2cc(C(C)(C)C)[nH]n2)CCC1C(=O)O. The summed E-state index contributed by atoms with van der Waals surface area (Å²) in [4.78, 5) is 25.3. The van der Waals surface area contributed by atoms with Crippen molar-refractivity contribution in [2.45, 2.75) is 39.5 Å². The summed E-state index contributed by atoms with van der Waals surface area (Å²) in [6.07, 6.45) is 0.499. The molecule has 0 saturated carbocycles. The van der Waals surface area contributed by atoms with Gasteiger partial charge in [-0.15, -0.1) is 0 Å². The minimum absolute atomic E-state index is 0.0405. The molecule has 2 N–H and O–H groups in total. The Kier molecular flexibility index (Phi) is 4.07. The van der Waals surface area contributed by atoms with E-state index in [-0.39, 0.29) is 23.2 Å². The Morgan fingerprint density at radius 1 is 1.43 bits per heavy atom. The second-order valence-corrected chi connectivity index (χ2v) is 6.88. The quantitative estimate of drug-likeness (QED) is 0.872. The fourth-order valence-corrected chi connectivity index (χ4v) is 2.67. The number of hydrogen-bond donors (Lipinski definition) is 2. The molecule has 0 bridgehead atoms. The number of carboxylic acids is 1. The van der Waals surface area contributed by atoms with Crippen LogP contribution in [0.1, 0.15) is 50.3 Å². The average molecular weight is 293 g/mol. The third-order valence-corrected chi connectivity index (χ3v) is 4.11. The number of likely N-dealkylation sites (tertiary alicyclic amines) is 1. The summed E-state index contributed by atoms with van der Waals surface area (Å²) in [6.45, 7) is 8.97. The molecule has 1 aliphatic heterocycles. The molecule has 1 fully saturated rings. The van der Waals surface area contributed by atoms with E-state index in [0.717, 1.165) is 5.69 Å². The lowest BCUT2D eigenvalue weighted by atomic mass is 9.87. The van der Waals surface area contributed by atoms with Crippen LogP contribution in [0.3, 0.4) is 0 Å². The number of carbonyl (C=O) groups is 2. The monoisotopic (exact) mass is 293 g/mol. The molecule has 6 heteroatoms. The highest BCUT2D eigenvalue weighted by atomic mass is 16.4. The zero-order valence-electron chi connectivity index (χ0n) is 13.0. The standard InChI is InChI=1S/C15H23N3O3/c1-9-8-18(6-5-10(9)14(20)21)13(19)11-7-12(17-16-11)15(2,3)4/h7,9-10H,5-6,8H2,1-4H3,(H,16,17)(H,20,21). The lowest BCUT2D eigenvalue weighted by Gasteiger charge is -2.34. The molecule has 2 rings (SSSR count). The van der Waals surface area contributed by atoms with E-state index in [9.17, 15) is 9.59 Å². The van der Waals surface area contributed by atoms with Crippen LogP contribution in [0, 0.1) is 11.8 Å². The Bertz CT molecular complexity index is 545. The number of H-pyrrole nitrogens is 1. The van der Waals surface area contributed by atoms with Crippen molar-refractivity contribution in [2.75, 3.05) is 13.1 Å². The van der Waals surface area contributed by atoms with Gasteiger partial charge in [-0.3, -0.25) is 14.7 Å². The van der Waals surface area contributed by atoms with E-state index in [2.05, 4.69) is 31.0 Å². The van der Waals surface area contributed by atoms with Gasteiger partial charge in [-0.2, -0.15) is 5.10 Å². The predicted octanol–water partition coefficient (Wildman–Crippen LogP) is 1.89. The molecular weight excluding hydrogens is 270 g/mol. The number of hydrogen-bond acceptors (Lipinski definition) is 3. The molecule has 21 heavy (non-hydrogen) atoms. The van der Waals surface area contributed by atoms with Crippen molar-refractivity contribution in [1.82, 2.24) is 15.1 Å². The summed E-state index contributed by atoms with van der Waals surface area (Å²) in [7, 11) is 0. The molecule has 2 unspecified atom stereocenters. The Balaban J connectivity index is 2.08. The number of aromatic amines is 1. The lowest BCUT2D eigenvalue weighted by molar-refractivity contribution is -0.145. The van der Waals surface area contributed by atoms with Crippen LogP contribution in [0.4, 0.5) is 0 Å². The number of amides is 1. The number of rotatable bonds is 2. The molecule has 116 valence electrons. The first kappa shape index (κ1) is 15.5. The van der Waals surface area contributed by atoms with E-state index >= 15 is 0 Å². The second kappa shape index (κ2) is 5.50. The minimum atomic E-state index is -0.774. The van der Waals surface area contributed by atoms with E-state index < -0.39 is 5.97 Å². The van der Waals surface area contributed by atoms with Crippen molar-refractivity contribution in [3.63, 3.8) is 0 Å². The third-order valence-electron chi connectivity index (χ3n) is 4.11. The van der Waals surface area contributed by atoms with Gasteiger partial charge in [0.1, 0.15) is 5.69 Å². The summed E-state index contributed by atoms with van der Waals surface area (Å²) in [5.41, 5.74) is 1.23. The van der Waals surface area contributed by atoms with Crippen LogP contribution in [-0.4, -0.2) is 45.2 Å². The van der Waals surface area contributed by atoms with Gasteiger partial charge in [-0.1, -0.05) is 27.7 Å². The average Bonchev–Trinajstić information content (AvgIpc) is 2.86. The zero-order valence-corrected chi connectivity index (χ0v) is 13.0. The number of nitrogens with zero attached hydrogens (tertiary/aromatic N) is 2. The maximum atomic E-state index is 12.5. The highest BCUT2D eigenvalue weighted by Gasteiger charge is 2.34. The van der Waals surface area contributed by atoms with Crippen LogP contribution in [0.25, 0.3) is 0 Å². The number of piperidine rings is 1. The van der Waals surface area contributed by atoms with Gasteiger partial charge in [-0.05, 0) is 18.4 Å². The first-order valence-electron chi connectivity index (χ1n) is 7.28. The zero-order chi connectivity index (χ0) is 15.8. The van der Waals surface area contributed by atoms with E-state index in [1.165, 1.54) is 0 Å². The highest BCUT2D eigenvalue weighted by molar-refractivity contribution is 5.92. The number of carbonyl (C=O) groups excluding carboxylic acids is 1. The molecule has 0 aromatic carbocycles. The maximum absolute atomic E-state index is 12.5. The fourth-order valence-electron chi connectivity index (χ4n) is 2.67. The van der Waals surface area contributed by atoms with Gasteiger partial charge >= 0.3 is 5.97 Å². The molecule has 1 aliphatic rings. The molecule has 0 radical (unpaired) electrons. The second-order valence-electron chi connectivity index (χ2n) is 6.88. The smallest absolute Gasteiger partial charge is 0.306 e. The third kappa shape index (κ3) is 3.25. The van der Waals surface area contributed by atoms with Gasteiger partial charge in [0.25, 0.3) is 5.91 Å². The van der Waals surface area contributed by atoms with Gasteiger partial charge in [0.15, 0.2) is 0 Å². The van der Waals surface area contributed by atoms with Crippen LogP contribution >= 0.6 is 0 Å². The fraction of sp³-hybridized carbons (Fsp3) is 0.667. The van der Waals surface area contributed by atoms with Gasteiger partial charge < -0.3 is 10.0 Å². The first-order valence-corrected chi connectivity index (χ1v) is 7.28. The Hall–Kier alpha value is -1.85. The van der Waals surface area contributed by atoms with E-state index in [0.29, 0.717) is 25.2 Å². The number of aromatic nitrogens is 2. The molecule has 1 aromatic rings. The Morgan fingerprint density at radius 2 is 2.10 bits per heavy atom. The largest absolute Gasteiger partial charge is 0.481 e. The van der Waals surface area contributed by atoms with Crippen molar-refractivity contribution in [1.29, 1.82) is 0 Å². The Labute approximate surface area is 124 Å². The molecule has 2 atom stereocenters. The summed E-state index contributed by atoms with van der Waals surface area (Å²) >= 11 is 0. The normalized spacial score (nSPS) is 23.1. The molecule has 1 saturated heterocycles. The first-order chi connectivity index (χ1) is 9.70. The van der Waals surface area contributed by atoms with Crippen LogP contribution in [-0.2, 0) is 10.2 Å². The van der Waals surface area contributed by atoms with E-state index in [1.807, 2.05) is 6.92 Å². The predicted molar refractivity (Wildman–Crippen MR) is 78.1 cm³/mol. The van der Waals surface area contributed by atoms with Gasteiger partial charge in [0.2, 0.25) is 0 Å². The topological polar surface area (TPSA) is 86.3 Å². The van der Waals surface area contributed by atoms with Gasteiger partial charge in [-0.25, -0.2) is 0 Å². The van der Waals surface area contributed by atoms with Crippen molar-refractivity contribution in [3.8, 4) is 0 Å². The van der Waals surface area contributed by atoms with Crippen molar-refractivity contribution in [3.05, 3.63) is 17.5 Å². The maximum Gasteiger partial charge on any atom is 0.306 e. The van der Waals surface area contributed by atoms with Crippen molar-refractivity contribution >= 4 is 11.9 Å². The molecular formula is C15H23N3O3. The Morgan fingerprint density at radius 3 is 2.57 bits per heavy atom. The number of aliphatic carboxylic acids is 1. The van der Waals surface area contributed by atoms with E-state index in [4.69, 9.17) is 5.11 Å². The molecule has 0 aliphatic carbocycles. The molecule has 6 nitrogen and oxygen atoms in total. The molecule has 0 spiro atoms. The molecule has 1 aromatic heterocycles. The summed E-state index contributed by atoms with van der Waals surface area (Å²) in [5, 5.41) is 16.1.